The van der Waals surface area contributed by atoms with Crippen LogP contribution in [0.25, 0.3) is 0 Å². The summed E-state index contributed by atoms with van der Waals surface area (Å²) in [5.74, 6) is 0.340. The summed E-state index contributed by atoms with van der Waals surface area (Å²) in [4.78, 5) is 11.5. The third-order valence-electron chi connectivity index (χ3n) is 2.89. The van der Waals surface area contributed by atoms with Gasteiger partial charge in [-0.15, -0.1) is 0 Å². The lowest BCUT2D eigenvalue weighted by Crippen LogP contribution is -2.11. The Morgan fingerprint density at radius 1 is 1.57 bits per heavy atom. The topological polar surface area (TPSA) is 26.3 Å². The first-order valence-electron chi connectivity index (χ1n) is 5.31. The normalized spacial score (nSPS) is 25.6. The van der Waals surface area contributed by atoms with Gasteiger partial charge >= 0.3 is 5.97 Å². The fraction of sp³-hybridized carbons (Fsp3) is 0.583. The molecule has 0 saturated heterocycles. The zero-order valence-electron chi connectivity index (χ0n) is 8.42. The van der Waals surface area contributed by atoms with E-state index in [0.717, 1.165) is 31.3 Å². The van der Waals surface area contributed by atoms with Crippen LogP contribution >= 0.6 is 0 Å². The van der Waals surface area contributed by atoms with Crippen LogP contribution in [0.4, 0.5) is 0 Å². The summed E-state index contributed by atoms with van der Waals surface area (Å²) < 4.78 is 5.21. The van der Waals surface area contributed by atoms with E-state index >= 15 is 0 Å². The predicted molar refractivity (Wildman–Crippen MR) is 54.8 cm³/mol. The lowest BCUT2D eigenvalue weighted by atomic mass is 10.00. The van der Waals surface area contributed by atoms with Crippen LogP contribution in [0.1, 0.15) is 32.1 Å². The Morgan fingerprint density at radius 3 is 2.93 bits per heavy atom. The standard InChI is InChI=1S/C12H16O2/c1-9-7-11(9)8-14-12(13)10-5-3-2-4-6-10/h5,11H,1-4,6-8H2/t11-/m0/s1. The van der Waals surface area contributed by atoms with Gasteiger partial charge in [-0.1, -0.05) is 18.2 Å². The van der Waals surface area contributed by atoms with Crippen molar-refractivity contribution in [2.24, 2.45) is 5.92 Å². The van der Waals surface area contributed by atoms with E-state index in [0.29, 0.717) is 12.5 Å². The van der Waals surface area contributed by atoms with E-state index in [-0.39, 0.29) is 5.97 Å². The first kappa shape index (κ1) is 9.50. The Labute approximate surface area is 84.6 Å². The van der Waals surface area contributed by atoms with Crippen molar-refractivity contribution in [3.05, 3.63) is 23.8 Å². The fourth-order valence-corrected chi connectivity index (χ4v) is 1.73. The minimum absolute atomic E-state index is 0.107. The summed E-state index contributed by atoms with van der Waals surface area (Å²) in [5, 5.41) is 0. The number of ether oxygens (including phenoxy) is 1. The molecule has 0 aliphatic heterocycles. The minimum atomic E-state index is -0.107. The highest BCUT2D eigenvalue weighted by Crippen LogP contribution is 2.35. The van der Waals surface area contributed by atoms with Crippen molar-refractivity contribution >= 4 is 5.97 Å². The molecule has 0 amide bonds. The van der Waals surface area contributed by atoms with E-state index in [1.54, 1.807) is 0 Å². The summed E-state index contributed by atoms with van der Waals surface area (Å²) in [6.07, 6.45) is 7.30. The van der Waals surface area contributed by atoms with Crippen LogP contribution in [-0.4, -0.2) is 12.6 Å². The molecule has 0 radical (unpaired) electrons. The van der Waals surface area contributed by atoms with Crippen LogP contribution in [-0.2, 0) is 9.53 Å². The maximum Gasteiger partial charge on any atom is 0.333 e. The molecule has 0 N–H and O–H groups in total. The second kappa shape index (κ2) is 3.99. The van der Waals surface area contributed by atoms with Gasteiger partial charge in [0.1, 0.15) is 0 Å². The summed E-state index contributed by atoms with van der Waals surface area (Å²) in [7, 11) is 0. The van der Waals surface area contributed by atoms with Crippen LogP contribution in [0, 0.1) is 5.92 Å². The summed E-state index contributed by atoms with van der Waals surface area (Å²) >= 11 is 0. The average molecular weight is 192 g/mol. The van der Waals surface area contributed by atoms with Gasteiger partial charge in [-0.3, -0.25) is 0 Å². The lowest BCUT2D eigenvalue weighted by Gasteiger charge is -2.11. The molecule has 2 aliphatic rings. The van der Waals surface area contributed by atoms with Crippen LogP contribution in [0.2, 0.25) is 0 Å². The van der Waals surface area contributed by atoms with Gasteiger partial charge in [0.25, 0.3) is 0 Å². The highest BCUT2D eigenvalue weighted by Gasteiger charge is 2.29. The second-order valence-electron chi connectivity index (χ2n) is 4.13. The summed E-state index contributed by atoms with van der Waals surface area (Å²) in [6.45, 7) is 4.37. The largest absolute Gasteiger partial charge is 0.462 e. The molecule has 0 spiro atoms. The molecule has 1 fully saturated rings. The van der Waals surface area contributed by atoms with Gasteiger partial charge in [-0.2, -0.15) is 0 Å². The zero-order valence-corrected chi connectivity index (χ0v) is 8.42. The van der Waals surface area contributed by atoms with Gasteiger partial charge in [-0.05, 0) is 32.1 Å². The Balaban J connectivity index is 1.77. The maximum atomic E-state index is 11.5. The van der Waals surface area contributed by atoms with Crippen molar-refractivity contribution in [1.82, 2.24) is 0 Å². The fourth-order valence-electron chi connectivity index (χ4n) is 1.73. The maximum absolute atomic E-state index is 11.5. The molecule has 0 aromatic carbocycles. The Bertz CT molecular complexity index is 289. The lowest BCUT2D eigenvalue weighted by molar-refractivity contribution is -0.139. The first-order chi connectivity index (χ1) is 6.77. The van der Waals surface area contributed by atoms with Gasteiger partial charge in [0, 0.05) is 11.5 Å². The van der Waals surface area contributed by atoms with Crippen molar-refractivity contribution in [2.75, 3.05) is 6.61 Å². The molecule has 1 atom stereocenters. The Morgan fingerprint density at radius 2 is 2.36 bits per heavy atom. The van der Waals surface area contributed by atoms with Gasteiger partial charge in [0.05, 0.1) is 6.61 Å². The number of carbonyl (C=O) groups excluding carboxylic acids is 1. The minimum Gasteiger partial charge on any atom is -0.462 e. The van der Waals surface area contributed by atoms with Crippen molar-refractivity contribution in [3.63, 3.8) is 0 Å². The van der Waals surface area contributed by atoms with Crippen LogP contribution in [0.3, 0.4) is 0 Å². The molecule has 1 saturated carbocycles. The Kier molecular flexibility index (Phi) is 2.71. The van der Waals surface area contributed by atoms with Gasteiger partial charge in [-0.25, -0.2) is 4.79 Å². The molecule has 0 bridgehead atoms. The monoisotopic (exact) mass is 192 g/mol. The number of hydrogen-bond acceptors (Lipinski definition) is 2. The van der Waals surface area contributed by atoms with Gasteiger partial charge in [0.2, 0.25) is 0 Å². The van der Waals surface area contributed by atoms with Gasteiger partial charge < -0.3 is 4.74 Å². The second-order valence-corrected chi connectivity index (χ2v) is 4.13. The number of carbonyl (C=O) groups is 1. The van der Waals surface area contributed by atoms with Crippen molar-refractivity contribution < 1.29 is 9.53 Å². The van der Waals surface area contributed by atoms with Crippen molar-refractivity contribution in [2.45, 2.75) is 32.1 Å². The molecule has 0 aromatic heterocycles. The van der Waals surface area contributed by atoms with Crippen LogP contribution in [0.5, 0.6) is 0 Å². The highest BCUT2D eigenvalue weighted by atomic mass is 16.5. The molecule has 0 unspecified atom stereocenters. The third kappa shape index (κ3) is 2.25. The van der Waals surface area contributed by atoms with E-state index in [1.165, 1.54) is 12.0 Å². The summed E-state index contributed by atoms with van der Waals surface area (Å²) in [5.41, 5.74) is 2.10. The average Bonchev–Trinajstić information content (AvgIpc) is 2.92. The van der Waals surface area contributed by atoms with E-state index in [2.05, 4.69) is 6.58 Å². The molecule has 0 aromatic rings. The quantitative estimate of drug-likeness (QED) is 0.507. The van der Waals surface area contributed by atoms with Crippen molar-refractivity contribution in [1.29, 1.82) is 0 Å². The smallest absolute Gasteiger partial charge is 0.333 e. The van der Waals surface area contributed by atoms with E-state index in [9.17, 15) is 4.79 Å². The molecule has 14 heavy (non-hydrogen) atoms. The SMILES string of the molecule is C=C1C[C@H]1COC(=O)C1=CCCCC1. The number of allylic oxidation sites excluding steroid dienone is 1. The molecule has 2 heteroatoms. The highest BCUT2D eigenvalue weighted by molar-refractivity contribution is 5.88. The molecular weight excluding hydrogens is 176 g/mol. The van der Waals surface area contributed by atoms with E-state index < -0.39 is 0 Å². The Hall–Kier alpha value is -1.05. The van der Waals surface area contributed by atoms with Crippen LogP contribution in [0.15, 0.2) is 23.8 Å². The van der Waals surface area contributed by atoms with Gasteiger partial charge in [0.15, 0.2) is 0 Å². The first-order valence-corrected chi connectivity index (χ1v) is 5.31. The molecular formula is C12H16O2. The molecule has 2 nitrogen and oxygen atoms in total. The number of rotatable bonds is 3. The number of esters is 1. The number of hydrogen-bond donors (Lipinski definition) is 0. The van der Waals surface area contributed by atoms with E-state index in [4.69, 9.17) is 4.74 Å². The van der Waals surface area contributed by atoms with E-state index in [1.807, 2.05) is 6.08 Å². The summed E-state index contributed by atoms with van der Waals surface area (Å²) in [6, 6.07) is 0. The zero-order chi connectivity index (χ0) is 9.97. The van der Waals surface area contributed by atoms with Crippen molar-refractivity contribution in [3.8, 4) is 0 Å². The third-order valence-corrected chi connectivity index (χ3v) is 2.89. The predicted octanol–water partition coefficient (Wildman–Crippen LogP) is 2.61. The van der Waals surface area contributed by atoms with Crippen LogP contribution < -0.4 is 0 Å². The molecule has 76 valence electrons. The molecule has 2 rings (SSSR count). The molecule has 0 heterocycles. The molecule has 2 aliphatic carbocycles.